The van der Waals surface area contributed by atoms with Crippen LogP contribution in [0.25, 0.3) is 0 Å². The lowest BCUT2D eigenvalue weighted by Gasteiger charge is -2.35. The van der Waals surface area contributed by atoms with Crippen LogP contribution >= 0.6 is 0 Å². The molecule has 1 aliphatic rings. The Morgan fingerprint density at radius 2 is 1.74 bits per heavy atom. The summed E-state index contributed by atoms with van der Waals surface area (Å²) in [4.78, 5) is 22.6. The van der Waals surface area contributed by atoms with Crippen LogP contribution in [-0.4, -0.2) is 34.2 Å². The van der Waals surface area contributed by atoms with Crippen molar-refractivity contribution in [1.82, 2.24) is 5.32 Å². The molecule has 108 valence electrons. The molecule has 3 N–H and O–H groups in total. The van der Waals surface area contributed by atoms with Crippen molar-refractivity contribution in [3.05, 3.63) is 11.1 Å². The van der Waals surface area contributed by atoms with E-state index in [-0.39, 0.29) is 17.7 Å². The number of carbonyl (C=O) groups is 2. The molecule has 0 radical (unpaired) electrons. The summed E-state index contributed by atoms with van der Waals surface area (Å²) in [6.45, 7) is 5.21. The lowest BCUT2D eigenvalue weighted by Crippen LogP contribution is -2.45. The second kappa shape index (κ2) is 6.19. The third-order valence-corrected chi connectivity index (χ3v) is 4.01. The van der Waals surface area contributed by atoms with Gasteiger partial charge in [-0.2, -0.15) is 0 Å². The zero-order valence-electron chi connectivity index (χ0n) is 11.8. The number of hydrogen-bond acceptors (Lipinski definition) is 3. The van der Waals surface area contributed by atoms with Crippen molar-refractivity contribution in [2.24, 2.45) is 5.92 Å². The number of hydrogen-bond donors (Lipinski definition) is 3. The van der Waals surface area contributed by atoms with E-state index < -0.39 is 17.5 Å². The molecule has 5 heteroatoms. The molecule has 1 fully saturated rings. The largest absolute Gasteiger partial charge is 0.478 e. The first-order chi connectivity index (χ1) is 8.75. The molecular weight excluding hydrogens is 246 g/mol. The van der Waals surface area contributed by atoms with Gasteiger partial charge in [-0.25, -0.2) is 4.79 Å². The van der Waals surface area contributed by atoms with Gasteiger partial charge in [0.2, 0.25) is 5.91 Å². The van der Waals surface area contributed by atoms with E-state index in [4.69, 9.17) is 5.11 Å². The van der Waals surface area contributed by atoms with E-state index in [9.17, 15) is 14.7 Å². The Kier molecular flexibility index (Phi) is 5.11. The van der Waals surface area contributed by atoms with Crippen molar-refractivity contribution in [3.63, 3.8) is 0 Å². The van der Waals surface area contributed by atoms with Crippen LogP contribution in [0.2, 0.25) is 0 Å². The van der Waals surface area contributed by atoms with Gasteiger partial charge in [0, 0.05) is 17.7 Å². The van der Waals surface area contributed by atoms with E-state index in [0.717, 1.165) is 12.8 Å². The van der Waals surface area contributed by atoms with Gasteiger partial charge in [0.25, 0.3) is 0 Å². The molecule has 0 aromatic heterocycles. The Morgan fingerprint density at radius 1 is 1.21 bits per heavy atom. The smallest absolute Gasteiger partial charge is 0.331 e. The number of carbonyl (C=O) groups excluding carboxylic acids is 1. The highest BCUT2D eigenvalue weighted by atomic mass is 16.4. The van der Waals surface area contributed by atoms with Crippen LogP contribution in [-0.2, 0) is 9.59 Å². The van der Waals surface area contributed by atoms with Crippen molar-refractivity contribution >= 4 is 11.9 Å². The second-order valence-electron chi connectivity index (χ2n) is 5.64. The molecule has 0 aliphatic heterocycles. The molecule has 0 saturated heterocycles. The summed E-state index contributed by atoms with van der Waals surface area (Å²) >= 11 is 0. The molecule has 0 unspecified atom stereocenters. The number of rotatable bonds is 4. The van der Waals surface area contributed by atoms with Crippen molar-refractivity contribution < 1.29 is 19.8 Å². The maximum absolute atomic E-state index is 11.8. The number of nitrogens with one attached hydrogen (secondary N) is 1. The Morgan fingerprint density at radius 3 is 2.21 bits per heavy atom. The summed E-state index contributed by atoms with van der Waals surface area (Å²) in [7, 11) is 0. The summed E-state index contributed by atoms with van der Waals surface area (Å²) in [5.74, 6) is -0.906. The normalized spacial score (nSPS) is 28.5. The maximum atomic E-state index is 11.8. The molecule has 1 saturated carbocycles. The zero-order valence-corrected chi connectivity index (χ0v) is 11.8. The fourth-order valence-electron chi connectivity index (χ4n) is 2.18. The van der Waals surface area contributed by atoms with Crippen molar-refractivity contribution in [2.45, 2.75) is 52.1 Å². The fourth-order valence-corrected chi connectivity index (χ4v) is 2.18. The summed E-state index contributed by atoms with van der Waals surface area (Å²) < 4.78 is 0. The van der Waals surface area contributed by atoms with Gasteiger partial charge in [-0.05, 0) is 45.4 Å². The molecule has 5 nitrogen and oxygen atoms in total. The second-order valence-corrected chi connectivity index (χ2v) is 5.64. The Bertz CT molecular complexity index is 392. The SMILES string of the molecule is CC(C(=O)O)=C(C)C(=O)NCC1(O)CCC(C)CC1. The Balaban J connectivity index is 2.55. The molecule has 1 amide bonds. The van der Waals surface area contributed by atoms with E-state index in [1.165, 1.54) is 13.8 Å². The van der Waals surface area contributed by atoms with Crippen LogP contribution in [0, 0.1) is 5.92 Å². The van der Waals surface area contributed by atoms with Gasteiger partial charge in [-0.1, -0.05) is 6.92 Å². The molecule has 0 aromatic carbocycles. The summed E-state index contributed by atoms with van der Waals surface area (Å²) in [5.41, 5.74) is -0.637. The van der Waals surface area contributed by atoms with E-state index in [1.54, 1.807) is 0 Å². The van der Waals surface area contributed by atoms with Crippen molar-refractivity contribution in [3.8, 4) is 0 Å². The molecule has 0 aromatic rings. The number of carboxylic acids is 1. The predicted molar refractivity (Wildman–Crippen MR) is 71.6 cm³/mol. The third-order valence-electron chi connectivity index (χ3n) is 4.01. The minimum Gasteiger partial charge on any atom is -0.478 e. The first kappa shape index (κ1) is 15.7. The van der Waals surface area contributed by atoms with Gasteiger partial charge >= 0.3 is 5.97 Å². The van der Waals surface area contributed by atoms with Gasteiger partial charge in [-0.3, -0.25) is 4.79 Å². The molecular formula is C14H23NO4. The highest BCUT2D eigenvalue weighted by molar-refractivity contribution is 6.01. The van der Waals surface area contributed by atoms with E-state index >= 15 is 0 Å². The van der Waals surface area contributed by atoms with Crippen LogP contribution in [0.1, 0.15) is 46.5 Å². The lowest BCUT2D eigenvalue weighted by molar-refractivity contribution is -0.133. The van der Waals surface area contributed by atoms with Crippen molar-refractivity contribution in [1.29, 1.82) is 0 Å². The van der Waals surface area contributed by atoms with Crippen LogP contribution in [0.4, 0.5) is 0 Å². The molecule has 0 bridgehead atoms. The van der Waals surface area contributed by atoms with Gasteiger partial charge in [-0.15, -0.1) is 0 Å². The summed E-state index contributed by atoms with van der Waals surface area (Å²) in [6, 6.07) is 0. The topological polar surface area (TPSA) is 86.6 Å². The molecule has 19 heavy (non-hydrogen) atoms. The molecule has 0 atom stereocenters. The van der Waals surface area contributed by atoms with E-state index in [0.29, 0.717) is 18.8 Å². The Labute approximate surface area is 113 Å². The first-order valence-electron chi connectivity index (χ1n) is 6.66. The third kappa shape index (κ3) is 4.35. The average Bonchev–Trinajstić information content (AvgIpc) is 2.38. The maximum Gasteiger partial charge on any atom is 0.331 e. The summed E-state index contributed by atoms with van der Waals surface area (Å²) in [5, 5.41) is 21.8. The van der Waals surface area contributed by atoms with E-state index in [1.807, 2.05) is 0 Å². The van der Waals surface area contributed by atoms with Crippen molar-refractivity contribution in [2.75, 3.05) is 6.54 Å². The van der Waals surface area contributed by atoms with Crippen LogP contribution in [0.15, 0.2) is 11.1 Å². The molecule has 0 heterocycles. The predicted octanol–water partition coefficient (Wildman–Crippen LogP) is 1.46. The van der Waals surface area contributed by atoms with Gasteiger partial charge in [0.1, 0.15) is 0 Å². The van der Waals surface area contributed by atoms with E-state index in [2.05, 4.69) is 12.2 Å². The zero-order chi connectivity index (χ0) is 14.6. The molecule has 0 spiro atoms. The number of aliphatic carboxylic acids is 1. The minimum absolute atomic E-state index is 0.0294. The highest BCUT2D eigenvalue weighted by Gasteiger charge is 2.32. The summed E-state index contributed by atoms with van der Waals surface area (Å²) in [6.07, 6.45) is 3.26. The number of aliphatic hydroxyl groups is 1. The van der Waals surface area contributed by atoms with Crippen LogP contribution < -0.4 is 5.32 Å². The minimum atomic E-state index is -1.10. The van der Waals surface area contributed by atoms with Gasteiger partial charge in [0.15, 0.2) is 0 Å². The monoisotopic (exact) mass is 269 g/mol. The van der Waals surface area contributed by atoms with Gasteiger partial charge in [0.05, 0.1) is 5.60 Å². The molecule has 1 aliphatic carbocycles. The fraction of sp³-hybridized carbons (Fsp3) is 0.714. The average molecular weight is 269 g/mol. The van der Waals surface area contributed by atoms with Gasteiger partial charge < -0.3 is 15.5 Å². The number of carboxylic acid groups (broad SMARTS) is 1. The highest BCUT2D eigenvalue weighted by Crippen LogP contribution is 2.31. The Hall–Kier alpha value is -1.36. The first-order valence-corrected chi connectivity index (χ1v) is 6.66. The number of amides is 1. The lowest BCUT2D eigenvalue weighted by atomic mass is 9.79. The van der Waals surface area contributed by atoms with Crippen LogP contribution in [0.5, 0.6) is 0 Å². The quantitative estimate of drug-likeness (QED) is 0.674. The molecule has 1 rings (SSSR count). The van der Waals surface area contributed by atoms with Crippen LogP contribution in [0.3, 0.4) is 0 Å². The standard InChI is InChI=1S/C14H23NO4/c1-9-4-6-14(19,7-5-9)8-15-12(16)10(2)11(3)13(17)18/h9,19H,4-8H2,1-3H3,(H,15,16)(H,17,18).